The van der Waals surface area contributed by atoms with E-state index in [-0.39, 0.29) is 5.91 Å². The van der Waals surface area contributed by atoms with Crippen molar-refractivity contribution >= 4 is 43.4 Å². The highest BCUT2D eigenvalue weighted by atomic mass is 32.1. The summed E-state index contributed by atoms with van der Waals surface area (Å²) in [5, 5.41) is 2.94. The van der Waals surface area contributed by atoms with Gasteiger partial charge in [0.15, 0.2) is 5.13 Å². The molecule has 0 atom stereocenters. The molecule has 0 saturated heterocycles. The van der Waals surface area contributed by atoms with Crippen LogP contribution in [0.5, 0.6) is 0 Å². The van der Waals surface area contributed by atoms with Crippen LogP contribution in [0.4, 0.5) is 5.13 Å². The smallest absolute Gasteiger partial charge is 0.233 e. The molecule has 2 heterocycles. The lowest BCUT2D eigenvalue weighted by atomic mass is 10.0. The summed E-state index contributed by atoms with van der Waals surface area (Å²) in [7, 11) is 0. The van der Waals surface area contributed by atoms with Crippen molar-refractivity contribution < 1.29 is 9.21 Å². The second kappa shape index (κ2) is 8.36. The number of amides is 1. The van der Waals surface area contributed by atoms with Gasteiger partial charge < -0.3 is 4.42 Å². The van der Waals surface area contributed by atoms with Crippen molar-refractivity contribution in [3.8, 4) is 0 Å². The lowest BCUT2D eigenvalue weighted by Crippen LogP contribution is -2.31. The van der Waals surface area contributed by atoms with Crippen LogP contribution in [0.25, 0.3) is 21.0 Å². The fraction of sp³-hybridized carbons (Fsp3) is 0.154. The number of carbonyl (C=O) groups excluding carboxylic acids is 1. The van der Waals surface area contributed by atoms with Crippen LogP contribution >= 0.6 is 11.3 Å². The van der Waals surface area contributed by atoms with Gasteiger partial charge in [0.2, 0.25) is 5.91 Å². The summed E-state index contributed by atoms with van der Waals surface area (Å²) < 4.78 is 6.64. The third kappa shape index (κ3) is 3.97. The SMILES string of the molecule is CCc1ccc2nc(N(Cc3ccco3)C(=O)Cc3cccc4ccccc34)sc2c1. The second-order valence-electron chi connectivity index (χ2n) is 7.53. The Kier molecular flexibility index (Phi) is 5.26. The largest absolute Gasteiger partial charge is 0.467 e. The van der Waals surface area contributed by atoms with Crippen molar-refractivity contribution in [3.05, 3.63) is 95.9 Å². The zero-order valence-corrected chi connectivity index (χ0v) is 18.1. The topological polar surface area (TPSA) is 46.3 Å². The molecule has 4 nitrogen and oxygen atoms in total. The molecule has 0 fully saturated rings. The van der Waals surface area contributed by atoms with Crippen molar-refractivity contribution in [2.24, 2.45) is 0 Å². The van der Waals surface area contributed by atoms with E-state index in [9.17, 15) is 4.79 Å². The van der Waals surface area contributed by atoms with Crippen molar-refractivity contribution in [1.82, 2.24) is 4.98 Å². The Morgan fingerprint density at radius 3 is 2.74 bits per heavy atom. The predicted molar refractivity (Wildman–Crippen MR) is 127 cm³/mol. The molecule has 0 spiro atoms. The van der Waals surface area contributed by atoms with Gasteiger partial charge in [0, 0.05) is 0 Å². The number of nitrogens with zero attached hydrogens (tertiary/aromatic N) is 2. The van der Waals surface area contributed by atoms with Crippen molar-refractivity contribution in [1.29, 1.82) is 0 Å². The first-order valence-corrected chi connectivity index (χ1v) is 11.2. The zero-order chi connectivity index (χ0) is 21.2. The minimum Gasteiger partial charge on any atom is -0.467 e. The van der Waals surface area contributed by atoms with E-state index in [1.54, 1.807) is 22.5 Å². The molecular formula is C26H22N2O2S. The van der Waals surface area contributed by atoms with Crippen LogP contribution in [0.3, 0.4) is 0 Å². The first-order valence-electron chi connectivity index (χ1n) is 10.4. The fourth-order valence-electron chi connectivity index (χ4n) is 3.82. The van der Waals surface area contributed by atoms with Gasteiger partial charge in [-0.1, -0.05) is 66.8 Å². The molecule has 0 N–H and O–H groups in total. The number of rotatable bonds is 6. The molecule has 0 radical (unpaired) electrons. The number of furan rings is 1. The van der Waals surface area contributed by atoms with Gasteiger partial charge in [0.25, 0.3) is 0 Å². The van der Waals surface area contributed by atoms with Gasteiger partial charge in [-0.25, -0.2) is 4.98 Å². The molecule has 1 amide bonds. The number of aryl methyl sites for hydroxylation is 1. The summed E-state index contributed by atoms with van der Waals surface area (Å²) in [5.41, 5.74) is 3.20. The zero-order valence-electron chi connectivity index (χ0n) is 17.2. The van der Waals surface area contributed by atoms with Crippen molar-refractivity contribution in [2.75, 3.05) is 4.90 Å². The number of carbonyl (C=O) groups is 1. The van der Waals surface area contributed by atoms with Crippen LogP contribution in [0.15, 0.2) is 83.5 Å². The summed E-state index contributed by atoms with van der Waals surface area (Å²) in [6.45, 7) is 2.50. The van der Waals surface area contributed by atoms with E-state index in [4.69, 9.17) is 9.40 Å². The molecule has 0 bridgehead atoms. The third-order valence-electron chi connectivity index (χ3n) is 5.50. The number of hydrogen-bond donors (Lipinski definition) is 0. The number of anilines is 1. The quantitative estimate of drug-likeness (QED) is 0.316. The van der Waals surface area contributed by atoms with E-state index >= 15 is 0 Å². The van der Waals surface area contributed by atoms with Crippen molar-refractivity contribution in [2.45, 2.75) is 26.3 Å². The highest BCUT2D eigenvalue weighted by molar-refractivity contribution is 7.22. The average molecular weight is 427 g/mol. The van der Waals surface area contributed by atoms with Gasteiger partial charge in [-0.15, -0.1) is 0 Å². The number of hydrogen-bond acceptors (Lipinski definition) is 4. The lowest BCUT2D eigenvalue weighted by Gasteiger charge is -2.19. The Balaban J connectivity index is 1.52. The molecule has 0 unspecified atom stereocenters. The van der Waals surface area contributed by atoms with Gasteiger partial charge in [-0.2, -0.15) is 0 Å². The molecule has 5 rings (SSSR count). The maximum absolute atomic E-state index is 13.5. The Morgan fingerprint density at radius 1 is 1.03 bits per heavy atom. The maximum Gasteiger partial charge on any atom is 0.233 e. The number of thiazole rings is 1. The molecule has 5 heteroatoms. The van der Waals surface area contributed by atoms with E-state index in [1.807, 2.05) is 42.5 Å². The standard InChI is InChI=1S/C26H22N2O2S/c1-2-18-12-13-23-24(15-18)31-26(27-23)28(17-21-10-6-14-30-21)25(29)16-20-9-5-8-19-7-3-4-11-22(19)20/h3-15H,2,16-17H2,1H3. The predicted octanol–water partition coefficient (Wildman–Crippen LogP) is 6.38. The van der Waals surface area contributed by atoms with E-state index in [2.05, 4.69) is 37.3 Å². The maximum atomic E-state index is 13.5. The Morgan fingerprint density at radius 2 is 1.90 bits per heavy atom. The molecule has 31 heavy (non-hydrogen) atoms. The lowest BCUT2D eigenvalue weighted by molar-refractivity contribution is -0.118. The molecule has 154 valence electrons. The highest BCUT2D eigenvalue weighted by Gasteiger charge is 2.22. The molecular weight excluding hydrogens is 404 g/mol. The minimum absolute atomic E-state index is 0.00234. The average Bonchev–Trinajstić information content (AvgIpc) is 3.46. The van der Waals surface area contributed by atoms with Crippen LogP contribution in [0.1, 0.15) is 23.8 Å². The van der Waals surface area contributed by atoms with E-state index < -0.39 is 0 Å². The molecule has 0 aliphatic carbocycles. The highest BCUT2D eigenvalue weighted by Crippen LogP contribution is 2.31. The normalized spacial score (nSPS) is 11.3. The third-order valence-corrected chi connectivity index (χ3v) is 6.54. The second-order valence-corrected chi connectivity index (χ2v) is 8.54. The molecule has 3 aromatic carbocycles. The number of aromatic nitrogens is 1. The molecule has 0 aliphatic rings. The van der Waals surface area contributed by atoms with E-state index in [0.29, 0.717) is 18.1 Å². The Labute approximate surface area is 184 Å². The molecule has 0 saturated carbocycles. The van der Waals surface area contributed by atoms with Crippen LogP contribution in [0.2, 0.25) is 0 Å². The minimum atomic E-state index is 0.00234. The van der Waals surface area contributed by atoms with Gasteiger partial charge in [-0.05, 0) is 52.6 Å². The first-order chi connectivity index (χ1) is 15.2. The van der Waals surface area contributed by atoms with Gasteiger partial charge in [0.1, 0.15) is 5.76 Å². The molecule has 0 aliphatic heterocycles. The molecule has 5 aromatic rings. The Hall–Kier alpha value is -3.44. The fourth-order valence-corrected chi connectivity index (χ4v) is 4.86. The van der Waals surface area contributed by atoms with Crippen LogP contribution < -0.4 is 4.90 Å². The summed E-state index contributed by atoms with van der Waals surface area (Å²) in [5.74, 6) is 0.738. The summed E-state index contributed by atoms with van der Waals surface area (Å²) in [6.07, 6.45) is 2.91. The Bertz CT molecular complexity index is 1350. The van der Waals surface area contributed by atoms with Gasteiger partial charge in [-0.3, -0.25) is 9.69 Å². The van der Waals surface area contributed by atoms with Crippen molar-refractivity contribution in [3.63, 3.8) is 0 Å². The summed E-state index contributed by atoms with van der Waals surface area (Å²) >= 11 is 1.55. The molecule has 2 aromatic heterocycles. The van der Waals surface area contributed by atoms with Gasteiger partial charge >= 0.3 is 0 Å². The number of benzene rings is 3. The summed E-state index contributed by atoms with van der Waals surface area (Å²) in [4.78, 5) is 20.1. The first kappa shape index (κ1) is 19.5. The van der Waals surface area contributed by atoms with E-state index in [1.165, 1.54) is 5.56 Å². The number of fused-ring (bicyclic) bond motifs is 2. The van der Waals surface area contributed by atoms with E-state index in [0.717, 1.165) is 38.7 Å². The monoisotopic (exact) mass is 426 g/mol. The van der Waals surface area contributed by atoms with Crippen LogP contribution in [-0.4, -0.2) is 10.9 Å². The van der Waals surface area contributed by atoms with Crippen LogP contribution in [0, 0.1) is 0 Å². The van der Waals surface area contributed by atoms with Crippen LogP contribution in [-0.2, 0) is 24.2 Å². The summed E-state index contributed by atoms with van der Waals surface area (Å²) in [6, 6.07) is 24.3. The van der Waals surface area contributed by atoms with Gasteiger partial charge in [0.05, 0.1) is 29.4 Å².